The van der Waals surface area contributed by atoms with Crippen LogP contribution in [0, 0.1) is 13.8 Å². The SMILES string of the molecule is Cc1cc(C(=O)NCCc2cccs2)cc(S(=O)(=O)N(C)C)c1C. The van der Waals surface area contributed by atoms with Crippen molar-refractivity contribution < 1.29 is 13.2 Å². The van der Waals surface area contributed by atoms with Crippen LogP contribution < -0.4 is 5.32 Å². The third-order valence-electron chi connectivity index (χ3n) is 3.88. The largest absolute Gasteiger partial charge is 0.352 e. The standard InChI is InChI=1S/C17H22N2O3S2/c1-12-10-14(11-16(13(12)2)24(21,22)19(3)4)17(20)18-8-7-15-6-5-9-23-15/h5-6,9-11H,7-8H2,1-4H3,(H,18,20). The fourth-order valence-electron chi connectivity index (χ4n) is 2.28. The van der Waals surface area contributed by atoms with E-state index in [9.17, 15) is 13.2 Å². The van der Waals surface area contributed by atoms with E-state index in [1.54, 1.807) is 24.3 Å². The summed E-state index contributed by atoms with van der Waals surface area (Å²) in [6.45, 7) is 4.08. The third kappa shape index (κ3) is 4.03. The first-order valence-electron chi connectivity index (χ1n) is 7.58. The van der Waals surface area contributed by atoms with Crippen molar-refractivity contribution in [2.24, 2.45) is 0 Å². The molecule has 1 aromatic heterocycles. The Labute approximate surface area is 147 Å². The first-order chi connectivity index (χ1) is 11.2. The minimum atomic E-state index is -3.59. The fraction of sp³-hybridized carbons (Fsp3) is 0.353. The second-order valence-electron chi connectivity index (χ2n) is 5.79. The van der Waals surface area contributed by atoms with Crippen molar-refractivity contribution in [2.75, 3.05) is 20.6 Å². The van der Waals surface area contributed by atoms with E-state index in [0.717, 1.165) is 16.3 Å². The summed E-state index contributed by atoms with van der Waals surface area (Å²) >= 11 is 1.65. The van der Waals surface area contributed by atoms with E-state index in [1.165, 1.54) is 25.0 Å². The van der Waals surface area contributed by atoms with Crippen LogP contribution in [0.15, 0.2) is 34.5 Å². The summed E-state index contributed by atoms with van der Waals surface area (Å²) in [6.07, 6.45) is 0.761. The number of carbonyl (C=O) groups excluding carboxylic acids is 1. The van der Waals surface area contributed by atoms with E-state index in [-0.39, 0.29) is 10.8 Å². The Hall–Kier alpha value is -1.70. The Morgan fingerprint density at radius 3 is 2.54 bits per heavy atom. The van der Waals surface area contributed by atoms with Gasteiger partial charge in [0.05, 0.1) is 4.90 Å². The zero-order valence-corrected chi connectivity index (χ0v) is 15.9. The number of nitrogens with one attached hydrogen (secondary N) is 1. The summed E-state index contributed by atoms with van der Waals surface area (Å²) in [5, 5.41) is 4.85. The van der Waals surface area contributed by atoms with Crippen molar-refractivity contribution in [3.05, 3.63) is 51.2 Å². The highest BCUT2D eigenvalue weighted by Gasteiger charge is 2.22. The maximum Gasteiger partial charge on any atom is 0.251 e. The van der Waals surface area contributed by atoms with E-state index in [4.69, 9.17) is 0 Å². The number of carbonyl (C=O) groups is 1. The van der Waals surface area contributed by atoms with Gasteiger partial charge in [-0.25, -0.2) is 12.7 Å². The number of aryl methyl sites for hydroxylation is 1. The van der Waals surface area contributed by atoms with Crippen LogP contribution in [-0.4, -0.2) is 39.3 Å². The van der Waals surface area contributed by atoms with Crippen LogP contribution in [0.4, 0.5) is 0 Å². The Morgan fingerprint density at radius 1 is 1.25 bits per heavy atom. The molecule has 0 spiro atoms. The number of sulfonamides is 1. The van der Waals surface area contributed by atoms with Crippen molar-refractivity contribution in [2.45, 2.75) is 25.2 Å². The molecule has 1 amide bonds. The number of thiophene rings is 1. The highest BCUT2D eigenvalue weighted by atomic mass is 32.2. The van der Waals surface area contributed by atoms with Crippen LogP contribution >= 0.6 is 11.3 Å². The van der Waals surface area contributed by atoms with Crippen LogP contribution in [0.2, 0.25) is 0 Å². The highest BCUT2D eigenvalue weighted by Crippen LogP contribution is 2.23. The molecule has 0 radical (unpaired) electrons. The van der Waals surface area contributed by atoms with Gasteiger partial charge in [0.15, 0.2) is 0 Å². The lowest BCUT2D eigenvalue weighted by Crippen LogP contribution is -2.27. The first-order valence-corrected chi connectivity index (χ1v) is 9.90. The van der Waals surface area contributed by atoms with E-state index < -0.39 is 10.0 Å². The maximum absolute atomic E-state index is 12.4. The molecule has 0 aliphatic carbocycles. The number of hydrogen-bond donors (Lipinski definition) is 1. The van der Waals surface area contributed by atoms with Gasteiger partial charge in [-0.1, -0.05) is 6.07 Å². The predicted octanol–water partition coefficient (Wildman–Crippen LogP) is 2.59. The van der Waals surface area contributed by atoms with Gasteiger partial charge >= 0.3 is 0 Å². The fourth-order valence-corrected chi connectivity index (χ4v) is 4.21. The molecule has 1 aromatic carbocycles. The monoisotopic (exact) mass is 366 g/mol. The lowest BCUT2D eigenvalue weighted by atomic mass is 10.1. The summed E-state index contributed by atoms with van der Waals surface area (Å²) in [5.41, 5.74) is 1.81. The summed E-state index contributed by atoms with van der Waals surface area (Å²) in [4.78, 5) is 13.7. The van der Waals surface area contributed by atoms with Gasteiger partial charge in [-0.05, 0) is 55.0 Å². The van der Waals surface area contributed by atoms with Crippen molar-refractivity contribution >= 4 is 27.3 Å². The van der Waals surface area contributed by atoms with Gasteiger partial charge in [0.2, 0.25) is 10.0 Å². The van der Waals surface area contributed by atoms with Crippen LogP contribution in [0.5, 0.6) is 0 Å². The molecule has 0 fully saturated rings. The summed E-state index contributed by atoms with van der Waals surface area (Å²) in [6, 6.07) is 7.18. The molecule has 1 heterocycles. The molecule has 2 rings (SSSR count). The second-order valence-corrected chi connectivity index (χ2v) is 8.94. The van der Waals surface area contributed by atoms with Gasteiger partial charge in [-0.2, -0.15) is 0 Å². The second kappa shape index (κ2) is 7.46. The molecule has 0 bridgehead atoms. The van der Waals surface area contributed by atoms with E-state index in [1.807, 2.05) is 24.4 Å². The summed E-state index contributed by atoms with van der Waals surface area (Å²) in [5.74, 6) is -0.259. The first kappa shape index (κ1) is 18.6. The van der Waals surface area contributed by atoms with E-state index in [0.29, 0.717) is 17.7 Å². The molecule has 0 saturated carbocycles. The normalized spacial score (nSPS) is 11.7. The van der Waals surface area contributed by atoms with Gasteiger partial charge < -0.3 is 5.32 Å². The van der Waals surface area contributed by atoms with Crippen LogP contribution in [0.3, 0.4) is 0 Å². The minimum absolute atomic E-state index is 0.177. The Bertz CT molecular complexity index is 826. The van der Waals surface area contributed by atoms with Crippen LogP contribution in [0.25, 0.3) is 0 Å². The quantitative estimate of drug-likeness (QED) is 0.854. The number of nitrogens with zero attached hydrogens (tertiary/aromatic N) is 1. The molecular weight excluding hydrogens is 344 g/mol. The molecule has 7 heteroatoms. The molecule has 0 unspecified atom stereocenters. The molecule has 0 atom stereocenters. The molecular formula is C17H22N2O3S2. The van der Waals surface area contributed by atoms with Crippen molar-refractivity contribution in [3.8, 4) is 0 Å². The zero-order valence-electron chi connectivity index (χ0n) is 14.3. The molecule has 0 saturated heterocycles. The van der Waals surface area contributed by atoms with E-state index >= 15 is 0 Å². The highest BCUT2D eigenvalue weighted by molar-refractivity contribution is 7.89. The van der Waals surface area contributed by atoms with Crippen molar-refractivity contribution in [1.82, 2.24) is 9.62 Å². The lowest BCUT2D eigenvalue weighted by molar-refractivity contribution is 0.0954. The van der Waals surface area contributed by atoms with Gasteiger partial charge in [0.25, 0.3) is 5.91 Å². The lowest BCUT2D eigenvalue weighted by Gasteiger charge is -2.16. The molecule has 1 N–H and O–H groups in total. The number of hydrogen-bond acceptors (Lipinski definition) is 4. The Balaban J connectivity index is 2.21. The third-order valence-corrected chi connectivity index (χ3v) is 6.76. The van der Waals surface area contributed by atoms with Gasteiger partial charge in [0, 0.05) is 31.1 Å². The molecule has 0 aliphatic rings. The average Bonchev–Trinajstić information content (AvgIpc) is 3.02. The zero-order chi connectivity index (χ0) is 17.9. The Kier molecular flexibility index (Phi) is 5.79. The number of benzene rings is 1. The van der Waals surface area contributed by atoms with Crippen LogP contribution in [-0.2, 0) is 16.4 Å². The van der Waals surface area contributed by atoms with Gasteiger partial charge in [0.1, 0.15) is 0 Å². The van der Waals surface area contributed by atoms with E-state index in [2.05, 4.69) is 5.32 Å². The average molecular weight is 367 g/mol. The molecule has 130 valence electrons. The molecule has 24 heavy (non-hydrogen) atoms. The van der Waals surface area contributed by atoms with Crippen molar-refractivity contribution in [1.29, 1.82) is 0 Å². The smallest absolute Gasteiger partial charge is 0.251 e. The van der Waals surface area contributed by atoms with Crippen LogP contribution in [0.1, 0.15) is 26.4 Å². The molecule has 0 aliphatic heterocycles. The Morgan fingerprint density at radius 2 is 1.96 bits per heavy atom. The number of rotatable bonds is 6. The summed E-state index contributed by atoms with van der Waals surface area (Å²) in [7, 11) is -0.619. The molecule has 5 nitrogen and oxygen atoms in total. The van der Waals surface area contributed by atoms with Gasteiger partial charge in [-0.3, -0.25) is 4.79 Å². The van der Waals surface area contributed by atoms with Gasteiger partial charge in [-0.15, -0.1) is 11.3 Å². The van der Waals surface area contributed by atoms with Crippen molar-refractivity contribution in [3.63, 3.8) is 0 Å². The summed E-state index contributed by atoms with van der Waals surface area (Å²) < 4.78 is 26.0. The minimum Gasteiger partial charge on any atom is -0.352 e. The molecule has 2 aromatic rings. The number of amides is 1. The predicted molar refractivity (Wildman–Crippen MR) is 97.1 cm³/mol. The maximum atomic E-state index is 12.4. The topological polar surface area (TPSA) is 66.5 Å².